The molecular weight excluding hydrogens is 222 g/mol. The number of nitrogens with zero attached hydrogens (tertiary/aromatic N) is 3. The molecule has 0 saturated heterocycles. The number of hydrogen-bond donors (Lipinski definition) is 0. The Balaban J connectivity index is 1.75. The highest BCUT2D eigenvalue weighted by atomic mass is 15.2. The molecule has 1 aromatic heterocycles. The van der Waals surface area contributed by atoms with Crippen LogP contribution in [0.4, 0.5) is 0 Å². The first-order chi connectivity index (χ1) is 8.83. The largest absolute Gasteiger partial charge is 0.288 e. The van der Waals surface area contributed by atoms with Gasteiger partial charge in [0.05, 0.1) is 0 Å². The minimum Gasteiger partial charge on any atom is -0.288 e. The van der Waals surface area contributed by atoms with Crippen molar-refractivity contribution in [2.24, 2.45) is 5.92 Å². The predicted molar refractivity (Wildman–Crippen MR) is 71.7 cm³/mol. The van der Waals surface area contributed by atoms with Crippen LogP contribution in [0.5, 0.6) is 0 Å². The third-order valence-corrected chi connectivity index (χ3v) is 4.10. The monoisotopic (exact) mass is 241 g/mol. The summed E-state index contributed by atoms with van der Waals surface area (Å²) in [4.78, 5) is 0. The Hall–Kier alpha value is -1.64. The molecular formula is C15H19N3. The van der Waals surface area contributed by atoms with E-state index in [-0.39, 0.29) is 0 Å². The van der Waals surface area contributed by atoms with Gasteiger partial charge in [0.1, 0.15) is 12.7 Å². The molecule has 94 valence electrons. The number of hydrogen-bond acceptors (Lipinski definition) is 2. The Morgan fingerprint density at radius 1 is 0.944 bits per heavy atom. The molecule has 0 amide bonds. The Morgan fingerprint density at radius 3 is 2.17 bits per heavy atom. The van der Waals surface area contributed by atoms with Crippen molar-refractivity contribution >= 4 is 0 Å². The molecule has 3 nitrogen and oxygen atoms in total. The first-order valence-electron chi connectivity index (χ1n) is 6.78. The van der Waals surface area contributed by atoms with Gasteiger partial charge in [-0.25, -0.2) is 0 Å². The van der Waals surface area contributed by atoms with E-state index in [1.165, 1.54) is 31.2 Å². The van der Waals surface area contributed by atoms with Gasteiger partial charge < -0.3 is 0 Å². The molecule has 2 aromatic rings. The molecule has 0 aliphatic heterocycles. The van der Waals surface area contributed by atoms with Gasteiger partial charge in [0.25, 0.3) is 0 Å². The Morgan fingerprint density at radius 2 is 1.56 bits per heavy atom. The predicted octanol–water partition coefficient (Wildman–Crippen LogP) is 3.56. The van der Waals surface area contributed by atoms with Gasteiger partial charge >= 0.3 is 0 Å². The third-order valence-electron chi connectivity index (χ3n) is 4.10. The highest BCUT2D eigenvalue weighted by Crippen LogP contribution is 2.35. The second-order valence-corrected chi connectivity index (χ2v) is 5.42. The van der Waals surface area contributed by atoms with Crippen molar-refractivity contribution in [3.63, 3.8) is 0 Å². The van der Waals surface area contributed by atoms with Crippen LogP contribution < -0.4 is 0 Å². The molecule has 3 heteroatoms. The summed E-state index contributed by atoms with van der Waals surface area (Å²) >= 11 is 0. The fourth-order valence-electron chi connectivity index (χ4n) is 2.85. The molecule has 1 aliphatic rings. The van der Waals surface area contributed by atoms with Crippen LogP contribution in [0.2, 0.25) is 0 Å². The topological polar surface area (TPSA) is 30.7 Å². The second-order valence-electron chi connectivity index (χ2n) is 5.42. The van der Waals surface area contributed by atoms with E-state index in [4.69, 9.17) is 0 Å². The van der Waals surface area contributed by atoms with Crippen LogP contribution in [0.15, 0.2) is 36.9 Å². The van der Waals surface area contributed by atoms with Crippen molar-refractivity contribution in [1.29, 1.82) is 0 Å². The van der Waals surface area contributed by atoms with Gasteiger partial charge in [-0.3, -0.25) is 4.57 Å². The van der Waals surface area contributed by atoms with E-state index in [0.717, 1.165) is 17.5 Å². The van der Waals surface area contributed by atoms with Crippen LogP contribution in [-0.2, 0) is 0 Å². The minimum atomic E-state index is 0.760. The van der Waals surface area contributed by atoms with Crippen LogP contribution in [0.3, 0.4) is 0 Å². The summed E-state index contributed by atoms with van der Waals surface area (Å²) in [5.74, 6) is 1.67. The highest BCUT2D eigenvalue weighted by molar-refractivity contribution is 5.35. The number of aromatic nitrogens is 3. The van der Waals surface area contributed by atoms with E-state index >= 15 is 0 Å². The molecule has 0 bridgehead atoms. The van der Waals surface area contributed by atoms with E-state index in [2.05, 4.69) is 41.4 Å². The van der Waals surface area contributed by atoms with Crippen molar-refractivity contribution in [1.82, 2.24) is 14.8 Å². The van der Waals surface area contributed by atoms with Crippen molar-refractivity contribution in [2.75, 3.05) is 0 Å². The quantitative estimate of drug-likeness (QED) is 0.804. The fraction of sp³-hybridized carbons (Fsp3) is 0.467. The molecule has 0 atom stereocenters. The number of rotatable bonds is 2. The lowest BCUT2D eigenvalue weighted by atomic mass is 9.79. The normalized spacial score (nSPS) is 24.1. The maximum Gasteiger partial charge on any atom is 0.123 e. The van der Waals surface area contributed by atoms with E-state index in [9.17, 15) is 0 Å². The lowest BCUT2D eigenvalue weighted by Gasteiger charge is -2.26. The average molecular weight is 241 g/mol. The molecule has 1 fully saturated rings. The smallest absolute Gasteiger partial charge is 0.123 e. The minimum absolute atomic E-state index is 0.760. The average Bonchev–Trinajstić information content (AvgIpc) is 2.94. The molecule has 1 aromatic carbocycles. The molecule has 1 heterocycles. The van der Waals surface area contributed by atoms with E-state index in [1.807, 2.05) is 4.57 Å². The molecule has 1 saturated carbocycles. The summed E-state index contributed by atoms with van der Waals surface area (Å²) in [6, 6.07) is 8.85. The Labute approximate surface area is 108 Å². The zero-order valence-corrected chi connectivity index (χ0v) is 10.8. The van der Waals surface area contributed by atoms with Crippen LogP contribution in [0, 0.1) is 5.92 Å². The molecule has 18 heavy (non-hydrogen) atoms. The summed E-state index contributed by atoms with van der Waals surface area (Å²) in [6.45, 7) is 2.37. The molecule has 0 radical (unpaired) electrons. The molecule has 0 spiro atoms. The lowest BCUT2D eigenvalue weighted by molar-refractivity contribution is 0.348. The highest BCUT2D eigenvalue weighted by Gasteiger charge is 2.19. The van der Waals surface area contributed by atoms with Crippen LogP contribution in [0.1, 0.15) is 44.1 Å². The molecule has 3 rings (SSSR count). The fourth-order valence-corrected chi connectivity index (χ4v) is 2.85. The van der Waals surface area contributed by atoms with Crippen LogP contribution >= 0.6 is 0 Å². The van der Waals surface area contributed by atoms with Crippen molar-refractivity contribution in [2.45, 2.75) is 38.5 Å². The summed E-state index contributed by atoms with van der Waals surface area (Å²) < 4.78 is 1.94. The second kappa shape index (κ2) is 4.92. The molecule has 0 N–H and O–H groups in total. The molecule has 1 aliphatic carbocycles. The maximum absolute atomic E-state index is 3.83. The van der Waals surface area contributed by atoms with Crippen LogP contribution in [-0.4, -0.2) is 14.8 Å². The first-order valence-corrected chi connectivity index (χ1v) is 6.78. The van der Waals surface area contributed by atoms with Gasteiger partial charge in [-0.05, 0) is 42.4 Å². The van der Waals surface area contributed by atoms with Gasteiger partial charge in [0.2, 0.25) is 0 Å². The van der Waals surface area contributed by atoms with Crippen molar-refractivity contribution < 1.29 is 0 Å². The maximum atomic E-state index is 3.83. The van der Waals surface area contributed by atoms with Gasteiger partial charge in [0.15, 0.2) is 0 Å². The van der Waals surface area contributed by atoms with Gasteiger partial charge in [0, 0.05) is 5.69 Å². The summed E-state index contributed by atoms with van der Waals surface area (Å²) in [6.07, 6.45) is 8.89. The van der Waals surface area contributed by atoms with E-state index in [0.29, 0.717) is 0 Å². The Bertz CT molecular complexity index is 479. The van der Waals surface area contributed by atoms with Crippen molar-refractivity contribution in [3.8, 4) is 5.69 Å². The Kier molecular flexibility index (Phi) is 3.13. The zero-order valence-electron chi connectivity index (χ0n) is 10.8. The molecule has 0 unspecified atom stereocenters. The first kappa shape index (κ1) is 11.5. The van der Waals surface area contributed by atoms with Gasteiger partial charge in [-0.15, -0.1) is 10.2 Å². The standard InChI is InChI=1S/C15H19N3/c1-12-2-4-13(5-3-12)14-6-8-15(9-7-14)18-10-16-17-11-18/h6-13H,2-5H2,1H3. The zero-order chi connectivity index (χ0) is 12.4. The third kappa shape index (κ3) is 2.30. The van der Waals surface area contributed by atoms with Gasteiger partial charge in [-0.1, -0.05) is 31.9 Å². The van der Waals surface area contributed by atoms with Gasteiger partial charge in [-0.2, -0.15) is 0 Å². The number of benzene rings is 1. The SMILES string of the molecule is CC1CCC(c2ccc(-n3cnnc3)cc2)CC1. The lowest BCUT2D eigenvalue weighted by Crippen LogP contribution is -2.10. The summed E-state index contributed by atoms with van der Waals surface area (Å²) in [5, 5.41) is 7.66. The summed E-state index contributed by atoms with van der Waals surface area (Å²) in [5.41, 5.74) is 2.62. The van der Waals surface area contributed by atoms with E-state index < -0.39 is 0 Å². The van der Waals surface area contributed by atoms with E-state index in [1.54, 1.807) is 12.7 Å². The summed E-state index contributed by atoms with van der Waals surface area (Å²) in [7, 11) is 0. The van der Waals surface area contributed by atoms with Crippen molar-refractivity contribution in [3.05, 3.63) is 42.5 Å². The van der Waals surface area contributed by atoms with Crippen LogP contribution in [0.25, 0.3) is 5.69 Å².